The second-order valence-electron chi connectivity index (χ2n) is 4.21. The summed E-state index contributed by atoms with van der Waals surface area (Å²) >= 11 is 0. The molecule has 0 atom stereocenters. The van der Waals surface area contributed by atoms with E-state index in [1.54, 1.807) is 7.05 Å². The number of nitrogens with zero attached hydrogens (tertiary/aromatic N) is 1. The molecule has 0 aromatic heterocycles. The van der Waals surface area contributed by atoms with Crippen LogP contribution >= 0.6 is 0 Å². The lowest BCUT2D eigenvalue weighted by molar-refractivity contribution is -0.135. The number of sulfone groups is 1. The summed E-state index contributed by atoms with van der Waals surface area (Å²) in [4.78, 5) is 13.1. The third-order valence-corrected chi connectivity index (χ3v) is 3.23. The largest absolute Gasteiger partial charge is 0.379 e. The van der Waals surface area contributed by atoms with Gasteiger partial charge >= 0.3 is 0 Å². The average molecular weight is 296 g/mol. The lowest BCUT2D eigenvalue weighted by Crippen LogP contribution is -2.34. The van der Waals surface area contributed by atoms with Crippen LogP contribution in [0.2, 0.25) is 0 Å². The summed E-state index contributed by atoms with van der Waals surface area (Å²) in [6, 6.07) is 0. The van der Waals surface area contributed by atoms with Gasteiger partial charge in [0.2, 0.25) is 5.91 Å². The Hall–Kier alpha value is -0.700. The van der Waals surface area contributed by atoms with E-state index in [1.165, 1.54) is 4.90 Å². The molecule has 0 spiro atoms. The maximum Gasteiger partial charge on any atom is 0.248 e. The normalized spacial score (nSPS) is 11.5. The highest BCUT2D eigenvalue weighted by molar-refractivity contribution is 7.90. The molecule has 19 heavy (non-hydrogen) atoms. The van der Waals surface area contributed by atoms with E-state index in [9.17, 15) is 13.2 Å². The van der Waals surface area contributed by atoms with Crippen molar-refractivity contribution in [3.05, 3.63) is 0 Å². The Morgan fingerprint density at radius 1 is 1.21 bits per heavy atom. The number of rotatable bonds is 11. The highest BCUT2D eigenvalue weighted by Crippen LogP contribution is 1.89. The molecule has 0 fully saturated rings. The first-order valence-corrected chi connectivity index (χ1v) is 8.14. The third-order valence-electron chi connectivity index (χ3n) is 2.32. The highest BCUT2D eigenvalue weighted by atomic mass is 32.2. The summed E-state index contributed by atoms with van der Waals surface area (Å²) in [7, 11) is 0.477. The molecule has 0 aliphatic carbocycles. The van der Waals surface area contributed by atoms with Gasteiger partial charge in [-0.05, 0) is 7.05 Å². The summed E-state index contributed by atoms with van der Waals surface area (Å²) in [5.74, 6) is -0.125. The van der Waals surface area contributed by atoms with E-state index in [-0.39, 0.29) is 24.9 Å². The van der Waals surface area contributed by atoms with Gasteiger partial charge in [0.15, 0.2) is 0 Å². The molecule has 0 rings (SSSR count). The summed E-state index contributed by atoms with van der Waals surface area (Å²) in [6.07, 6.45) is 1.16. The summed E-state index contributed by atoms with van der Waals surface area (Å²) < 4.78 is 32.0. The van der Waals surface area contributed by atoms with Crippen LogP contribution in [0.1, 0.15) is 0 Å². The number of carbonyl (C=O) groups excluding carboxylic acids is 1. The van der Waals surface area contributed by atoms with Crippen LogP contribution < -0.4 is 5.32 Å². The Labute approximate surface area is 115 Å². The van der Waals surface area contributed by atoms with Crippen LogP contribution in [0.25, 0.3) is 0 Å². The molecule has 114 valence electrons. The lowest BCUT2D eigenvalue weighted by Gasteiger charge is -2.17. The minimum atomic E-state index is -2.99. The van der Waals surface area contributed by atoms with Gasteiger partial charge in [-0.15, -0.1) is 0 Å². The second kappa shape index (κ2) is 10.1. The van der Waals surface area contributed by atoms with E-state index in [0.717, 1.165) is 6.26 Å². The first-order chi connectivity index (χ1) is 8.87. The van der Waals surface area contributed by atoms with Gasteiger partial charge in [-0.3, -0.25) is 4.79 Å². The van der Waals surface area contributed by atoms with Crippen LogP contribution in [0.15, 0.2) is 0 Å². The molecule has 0 heterocycles. The van der Waals surface area contributed by atoms with E-state index in [0.29, 0.717) is 26.3 Å². The molecule has 7 nitrogen and oxygen atoms in total. The predicted octanol–water partition coefficient (Wildman–Crippen LogP) is -1.26. The molecule has 0 bridgehead atoms. The van der Waals surface area contributed by atoms with Crippen molar-refractivity contribution in [2.75, 3.05) is 65.6 Å². The van der Waals surface area contributed by atoms with Gasteiger partial charge in [-0.25, -0.2) is 8.42 Å². The average Bonchev–Trinajstić information content (AvgIpc) is 2.32. The van der Waals surface area contributed by atoms with Gasteiger partial charge in [0.05, 0.1) is 25.6 Å². The maximum absolute atomic E-state index is 11.6. The monoisotopic (exact) mass is 296 g/mol. The smallest absolute Gasteiger partial charge is 0.248 e. The quantitative estimate of drug-likeness (QED) is 0.479. The van der Waals surface area contributed by atoms with Gasteiger partial charge in [-0.1, -0.05) is 0 Å². The minimum absolute atomic E-state index is 0.00219. The first-order valence-electron chi connectivity index (χ1n) is 6.08. The molecule has 0 radical (unpaired) electrons. The van der Waals surface area contributed by atoms with E-state index in [1.807, 2.05) is 7.05 Å². The third kappa shape index (κ3) is 12.1. The van der Waals surface area contributed by atoms with E-state index < -0.39 is 9.84 Å². The van der Waals surface area contributed by atoms with Crippen LogP contribution in [0.3, 0.4) is 0 Å². The molecule has 0 aliphatic heterocycles. The van der Waals surface area contributed by atoms with Crippen molar-refractivity contribution in [1.29, 1.82) is 0 Å². The van der Waals surface area contributed by atoms with E-state index >= 15 is 0 Å². The molecule has 8 heteroatoms. The van der Waals surface area contributed by atoms with Crippen molar-refractivity contribution < 1.29 is 22.7 Å². The zero-order valence-electron chi connectivity index (χ0n) is 11.8. The maximum atomic E-state index is 11.6. The van der Waals surface area contributed by atoms with E-state index in [4.69, 9.17) is 9.47 Å². The Morgan fingerprint density at radius 2 is 1.89 bits per heavy atom. The molecular formula is C11H24N2O5S. The Morgan fingerprint density at radius 3 is 2.47 bits per heavy atom. The fraction of sp³-hybridized carbons (Fsp3) is 0.909. The number of hydrogen-bond donors (Lipinski definition) is 1. The number of ether oxygens (including phenoxy) is 2. The van der Waals surface area contributed by atoms with Gasteiger partial charge in [-0.2, -0.15) is 0 Å². The summed E-state index contributed by atoms with van der Waals surface area (Å²) in [5, 5.41) is 2.91. The van der Waals surface area contributed by atoms with Crippen LogP contribution in [-0.2, 0) is 24.1 Å². The summed E-state index contributed by atoms with van der Waals surface area (Å²) in [6.45, 7) is 2.11. The van der Waals surface area contributed by atoms with Crippen molar-refractivity contribution in [1.82, 2.24) is 10.2 Å². The SMILES string of the molecule is CNCCOCC(=O)N(C)CCOCCS(C)(=O)=O. The van der Waals surface area contributed by atoms with Crippen molar-refractivity contribution in [3.8, 4) is 0 Å². The number of nitrogens with one attached hydrogen (secondary N) is 1. The van der Waals surface area contributed by atoms with Crippen LogP contribution in [0, 0.1) is 0 Å². The van der Waals surface area contributed by atoms with Crippen molar-refractivity contribution in [3.63, 3.8) is 0 Å². The van der Waals surface area contributed by atoms with Crippen LogP contribution in [0.5, 0.6) is 0 Å². The molecular weight excluding hydrogens is 272 g/mol. The van der Waals surface area contributed by atoms with Gasteiger partial charge in [0.1, 0.15) is 16.4 Å². The van der Waals surface area contributed by atoms with Crippen LogP contribution in [-0.4, -0.2) is 84.8 Å². The van der Waals surface area contributed by atoms with Crippen molar-refractivity contribution >= 4 is 15.7 Å². The second-order valence-corrected chi connectivity index (χ2v) is 6.47. The first kappa shape index (κ1) is 18.3. The Balaban J connectivity index is 3.56. The number of amides is 1. The molecule has 0 saturated carbocycles. The van der Waals surface area contributed by atoms with Crippen LogP contribution in [0.4, 0.5) is 0 Å². The zero-order valence-corrected chi connectivity index (χ0v) is 12.7. The van der Waals surface area contributed by atoms with Crippen molar-refractivity contribution in [2.45, 2.75) is 0 Å². The zero-order chi connectivity index (χ0) is 14.7. The number of carbonyl (C=O) groups is 1. The van der Waals surface area contributed by atoms with Gasteiger partial charge < -0.3 is 19.7 Å². The Bertz CT molecular complexity index is 345. The van der Waals surface area contributed by atoms with E-state index in [2.05, 4.69) is 5.32 Å². The lowest BCUT2D eigenvalue weighted by atomic mass is 10.5. The minimum Gasteiger partial charge on any atom is -0.379 e. The van der Waals surface area contributed by atoms with Gasteiger partial charge in [0, 0.05) is 26.4 Å². The molecule has 1 N–H and O–H groups in total. The fourth-order valence-electron chi connectivity index (χ4n) is 1.08. The standard InChI is InChI=1S/C11H24N2O5S/c1-12-4-6-18-10-11(14)13(2)5-7-17-8-9-19(3,15)16/h12H,4-10H2,1-3H3. The molecule has 0 aromatic rings. The van der Waals surface area contributed by atoms with Gasteiger partial charge in [0.25, 0.3) is 0 Å². The van der Waals surface area contributed by atoms with Crippen molar-refractivity contribution in [2.24, 2.45) is 0 Å². The molecule has 0 aliphatic rings. The molecule has 0 saturated heterocycles. The highest BCUT2D eigenvalue weighted by Gasteiger charge is 2.08. The molecule has 0 aromatic carbocycles. The summed E-state index contributed by atoms with van der Waals surface area (Å²) in [5.41, 5.74) is 0. The molecule has 1 amide bonds. The molecule has 0 unspecified atom stereocenters. The number of hydrogen-bond acceptors (Lipinski definition) is 6. The fourth-order valence-corrected chi connectivity index (χ4v) is 1.50. The number of likely N-dealkylation sites (N-methyl/N-ethyl adjacent to an activating group) is 2. The Kier molecular flexibility index (Phi) is 9.76. The predicted molar refractivity (Wildman–Crippen MR) is 72.9 cm³/mol. The topological polar surface area (TPSA) is 84.9 Å².